The Morgan fingerprint density at radius 1 is 0.842 bits per heavy atom. The van der Waals surface area contributed by atoms with E-state index in [1.807, 2.05) is 50.2 Å². The fraction of sp³-hybridized carbons (Fsp3) is 0.333. The van der Waals surface area contributed by atoms with Crippen molar-refractivity contribution >= 4 is 28.8 Å². The van der Waals surface area contributed by atoms with Gasteiger partial charge in [0.1, 0.15) is 10.7 Å². The van der Waals surface area contributed by atoms with E-state index in [0.29, 0.717) is 30.4 Å². The number of hydrogen-bond donors (Lipinski definition) is 1. The molecule has 4 rings (SSSR count). The summed E-state index contributed by atoms with van der Waals surface area (Å²) in [5, 5.41) is 2.83. The van der Waals surface area contributed by atoms with Crippen molar-refractivity contribution in [2.75, 3.05) is 51.3 Å². The molecule has 1 amide bonds. The van der Waals surface area contributed by atoms with E-state index in [2.05, 4.69) is 39.4 Å². The van der Waals surface area contributed by atoms with Gasteiger partial charge in [-0.2, -0.15) is 0 Å². The molecular formula is C30H35N3O4S. The normalized spacial score (nSPS) is 13.6. The average Bonchev–Trinajstić information content (AvgIpc) is 2.94. The van der Waals surface area contributed by atoms with E-state index >= 15 is 0 Å². The molecule has 1 N–H and O–H groups in total. The third-order valence-corrected chi connectivity index (χ3v) is 6.70. The van der Waals surface area contributed by atoms with Crippen molar-refractivity contribution < 1.29 is 19.0 Å². The van der Waals surface area contributed by atoms with E-state index in [1.54, 1.807) is 12.1 Å². The second-order valence-electron chi connectivity index (χ2n) is 8.94. The van der Waals surface area contributed by atoms with Crippen LogP contribution in [0.2, 0.25) is 0 Å². The van der Waals surface area contributed by atoms with E-state index in [0.717, 1.165) is 49.0 Å². The van der Waals surface area contributed by atoms with Crippen LogP contribution in [-0.2, 0) is 11.3 Å². The number of ether oxygens (including phenoxy) is 3. The fourth-order valence-corrected chi connectivity index (χ4v) is 4.61. The van der Waals surface area contributed by atoms with Crippen molar-refractivity contribution in [3.8, 4) is 17.2 Å². The van der Waals surface area contributed by atoms with Crippen molar-refractivity contribution in [3.63, 3.8) is 0 Å². The lowest BCUT2D eigenvalue weighted by molar-refractivity contribution is -0.118. The number of piperazine rings is 1. The highest BCUT2D eigenvalue weighted by atomic mass is 32.1. The zero-order chi connectivity index (χ0) is 26.7. The lowest BCUT2D eigenvalue weighted by Gasteiger charge is -2.36. The highest BCUT2D eigenvalue weighted by Crippen LogP contribution is 2.29. The van der Waals surface area contributed by atoms with Crippen molar-refractivity contribution in [1.29, 1.82) is 0 Å². The third-order valence-electron chi connectivity index (χ3n) is 6.21. The monoisotopic (exact) mass is 533 g/mol. The number of nitrogens with one attached hydrogen (secondary N) is 1. The van der Waals surface area contributed by atoms with Gasteiger partial charge in [0, 0.05) is 44.0 Å². The summed E-state index contributed by atoms with van der Waals surface area (Å²) < 4.78 is 17.1. The van der Waals surface area contributed by atoms with Crippen LogP contribution in [0, 0.1) is 0 Å². The molecule has 0 aliphatic carbocycles. The number of carbonyl (C=O) groups excluding carboxylic acids is 1. The maximum Gasteiger partial charge on any atom is 0.262 e. The topological polar surface area (TPSA) is 63.3 Å². The highest BCUT2D eigenvalue weighted by Gasteiger charge is 2.21. The van der Waals surface area contributed by atoms with Gasteiger partial charge in [-0.15, -0.1) is 0 Å². The van der Waals surface area contributed by atoms with Crippen LogP contribution in [0.15, 0.2) is 72.8 Å². The summed E-state index contributed by atoms with van der Waals surface area (Å²) in [4.78, 5) is 17.9. The Morgan fingerprint density at radius 2 is 1.55 bits per heavy atom. The van der Waals surface area contributed by atoms with Gasteiger partial charge in [-0.05, 0) is 61.9 Å². The van der Waals surface area contributed by atoms with Gasteiger partial charge in [0.15, 0.2) is 18.1 Å². The van der Waals surface area contributed by atoms with Crippen LogP contribution in [0.1, 0.15) is 25.0 Å². The smallest absolute Gasteiger partial charge is 0.262 e. The molecule has 1 saturated heterocycles. The zero-order valence-electron chi connectivity index (χ0n) is 22.0. The predicted octanol–water partition coefficient (Wildman–Crippen LogP) is 4.99. The highest BCUT2D eigenvalue weighted by molar-refractivity contribution is 7.80. The molecule has 0 saturated carbocycles. The van der Waals surface area contributed by atoms with Crippen molar-refractivity contribution in [2.45, 2.75) is 20.4 Å². The van der Waals surface area contributed by atoms with Crippen LogP contribution >= 0.6 is 12.2 Å². The van der Waals surface area contributed by atoms with Gasteiger partial charge in [-0.25, -0.2) is 0 Å². The molecule has 0 radical (unpaired) electrons. The third kappa shape index (κ3) is 7.69. The van der Waals surface area contributed by atoms with Gasteiger partial charge in [0.2, 0.25) is 0 Å². The Balaban J connectivity index is 1.31. The van der Waals surface area contributed by atoms with Crippen LogP contribution < -0.4 is 19.5 Å². The van der Waals surface area contributed by atoms with Gasteiger partial charge >= 0.3 is 0 Å². The Kier molecular flexibility index (Phi) is 9.95. The summed E-state index contributed by atoms with van der Waals surface area (Å²) >= 11 is 5.84. The minimum Gasteiger partial charge on any atom is -0.494 e. The summed E-state index contributed by atoms with van der Waals surface area (Å²) in [6.07, 6.45) is 0. The number of benzene rings is 3. The molecule has 1 aliphatic rings. The molecule has 0 unspecified atom stereocenters. The molecule has 0 bridgehead atoms. The predicted molar refractivity (Wildman–Crippen MR) is 154 cm³/mol. The first-order chi connectivity index (χ1) is 18.6. The summed E-state index contributed by atoms with van der Waals surface area (Å²) in [6, 6.07) is 23.4. The van der Waals surface area contributed by atoms with Crippen LogP contribution in [0.3, 0.4) is 0 Å². The number of amides is 1. The molecule has 3 aromatic rings. The molecule has 38 heavy (non-hydrogen) atoms. The van der Waals surface area contributed by atoms with Gasteiger partial charge in [0.05, 0.1) is 13.2 Å². The number of nitrogens with zero attached hydrogens (tertiary/aromatic N) is 2. The minimum atomic E-state index is -0.260. The van der Waals surface area contributed by atoms with Crippen LogP contribution in [-0.4, -0.2) is 66.7 Å². The molecular weight excluding hydrogens is 498 g/mol. The molecule has 3 aromatic carbocycles. The number of thiocarbonyl (C=S) groups is 1. The van der Waals surface area contributed by atoms with Crippen LogP contribution in [0.25, 0.3) is 0 Å². The molecule has 200 valence electrons. The van der Waals surface area contributed by atoms with Crippen LogP contribution in [0.4, 0.5) is 5.69 Å². The quantitative estimate of drug-likeness (QED) is 0.348. The molecule has 0 spiro atoms. The first-order valence-electron chi connectivity index (χ1n) is 13.0. The van der Waals surface area contributed by atoms with E-state index < -0.39 is 0 Å². The summed E-state index contributed by atoms with van der Waals surface area (Å²) in [7, 11) is 0. The largest absolute Gasteiger partial charge is 0.494 e. The van der Waals surface area contributed by atoms with Crippen LogP contribution in [0.5, 0.6) is 17.2 Å². The van der Waals surface area contributed by atoms with E-state index in [1.165, 1.54) is 5.56 Å². The van der Waals surface area contributed by atoms with E-state index in [4.69, 9.17) is 26.4 Å². The first-order valence-corrected chi connectivity index (χ1v) is 13.4. The van der Waals surface area contributed by atoms with Crippen molar-refractivity contribution in [3.05, 3.63) is 83.9 Å². The second kappa shape index (κ2) is 13.8. The Labute approximate surface area is 230 Å². The van der Waals surface area contributed by atoms with Gasteiger partial charge in [-0.3, -0.25) is 9.69 Å². The lowest BCUT2D eigenvalue weighted by Crippen LogP contribution is -2.48. The van der Waals surface area contributed by atoms with E-state index in [-0.39, 0.29) is 12.5 Å². The van der Waals surface area contributed by atoms with Gasteiger partial charge in [-0.1, -0.05) is 42.5 Å². The molecule has 0 aromatic heterocycles. The maximum absolute atomic E-state index is 12.4. The van der Waals surface area contributed by atoms with Crippen molar-refractivity contribution in [1.82, 2.24) is 9.80 Å². The SMILES string of the molecule is CCOc1ccc(NC(=O)COc2ccc(C(=S)N3CCN(Cc4ccccc4)CC3)cc2OCC)cc1. The zero-order valence-corrected chi connectivity index (χ0v) is 22.8. The summed E-state index contributed by atoms with van der Waals surface area (Å²) in [6.45, 7) is 9.39. The molecule has 7 nitrogen and oxygen atoms in total. The van der Waals surface area contributed by atoms with Gasteiger partial charge < -0.3 is 24.4 Å². The molecule has 1 fully saturated rings. The second-order valence-corrected chi connectivity index (χ2v) is 9.33. The maximum atomic E-state index is 12.4. The Hall–Kier alpha value is -3.62. The average molecular weight is 534 g/mol. The number of carbonyl (C=O) groups is 1. The Morgan fingerprint density at radius 3 is 2.24 bits per heavy atom. The molecule has 1 aliphatic heterocycles. The number of hydrogen-bond acceptors (Lipinski definition) is 6. The lowest BCUT2D eigenvalue weighted by atomic mass is 10.1. The van der Waals surface area contributed by atoms with E-state index in [9.17, 15) is 4.79 Å². The standard InChI is InChI=1S/C30H35N3O4S/c1-3-35-26-13-11-25(12-14-26)31-29(34)22-37-27-15-10-24(20-28(27)36-4-2)30(38)33-18-16-32(17-19-33)21-23-8-6-5-7-9-23/h5-15,20H,3-4,16-19,21-22H2,1-2H3,(H,31,34). The molecule has 1 heterocycles. The summed E-state index contributed by atoms with van der Waals surface area (Å²) in [5.41, 5.74) is 2.91. The molecule has 8 heteroatoms. The number of rotatable bonds is 11. The van der Waals surface area contributed by atoms with Crippen molar-refractivity contribution in [2.24, 2.45) is 0 Å². The summed E-state index contributed by atoms with van der Waals surface area (Å²) in [5.74, 6) is 1.58. The first kappa shape index (κ1) is 27.4. The Bertz CT molecular complexity index is 1200. The number of anilines is 1. The minimum absolute atomic E-state index is 0.138. The fourth-order valence-electron chi connectivity index (χ4n) is 4.30. The molecule has 0 atom stereocenters. The van der Waals surface area contributed by atoms with Gasteiger partial charge in [0.25, 0.3) is 5.91 Å².